The molecule has 1 aromatic heterocycles. The number of rotatable bonds is 0. The van der Waals surface area contributed by atoms with E-state index in [0.29, 0.717) is 0 Å². The van der Waals surface area contributed by atoms with Gasteiger partial charge < -0.3 is 4.98 Å². The van der Waals surface area contributed by atoms with Crippen LogP contribution in [0.2, 0.25) is 0 Å². The van der Waals surface area contributed by atoms with Crippen molar-refractivity contribution in [2.75, 3.05) is 0 Å². The van der Waals surface area contributed by atoms with Gasteiger partial charge >= 0.3 is 0 Å². The van der Waals surface area contributed by atoms with Crippen LogP contribution in [0.4, 0.5) is 0 Å². The van der Waals surface area contributed by atoms with Gasteiger partial charge in [-0.3, -0.25) is 0 Å². The number of hydrogen-bond acceptors (Lipinski definition) is 0. The van der Waals surface area contributed by atoms with E-state index in [4.69, 9.17) is 0 Å². The molecule has 2 aromatic rings. The molecule has 0 unspecified atom stereocenters. The van der Waals surface area contributed by atoms with Crippen molar-refractivity contribution >= 4 is 24.1 Å². The van der Waals surface area contributed by atoms with Gasteiger partial charge in [-0.2, -0.15) is 0 Å². The number of aryl methyl sites for hydroxylation is 1. The maximum absolute atomic E-state index is 3.96. The number of hydrogen-bond donors (Lipinski definition) is 1. The summed E-state index contributed by atoms with van der Waals surface area (Å²) in [6.07, 6.45) is 0. The standard InChI is InChI=1S/C11H11N/c1-7-4-5-11-10(6-7)8(2)9(3)12-11/h4-6,12H,2-3H2,1H3. The molecule has 1 nitrogen and oxygen atoms in total. The molecule has 0 amide bonds. The van der Waals surface area contributed by atoms with E-state index < -0.39 is 0 Å². The van der Waals surface area contributed by atoms with Crippen LogP contribution in [-0.2, 0) is 0 Å². The topological polar surface area (TPSA) is 15.8 Å². The summed E-state index contributed by atoms with van der Waals surface area (Å²) in [7, 11) is 0. The summed E-state index contributed by atoms with van der Waals surface area (Å²) in [4.78, 5) is 3.18. The van der Waals surface area contributed by atoms with Crippen molar-refractivity contribution in [3.63, 3.8) is 0 Å². The summed E-state index contributed by atoms with van der Waals surface area (Å²) in [6, 6.07) is 6.27. The molecule has 0 saturated carbocycles. The number of fused-ring (bicyclic) bond motifs is 1. The first-order valence-corrected chi connectivity index (χ1v) is 3.95. The maximum Gasteiger partial charge on any atom is 0.0464 e. The Hall–Kier alpha value is -1.50. The third-order valence-electron chi connectivity index (χ3n) is 2.15. The fourth-order valence-corrected chi connectivity index (χ4v) is 1.42. The smallest absolute Gasteiger partial charge is 0.0464 e. The Balaban J connectivity index is 3.08. The lowest BCUT2D eigenvalue weighted by Crippen LogP contribution is -2.18. The zero-order chi connectivity index (χ0) is 8.72. The van der Waals surface area contributed by atoms with Crippen molar-refractivity contribution in [3.05, 3.63) is 34.3 Å². The average molecular weight is 157 g/mol. The van der Waals surface area contributed by atoms with E-state index in [1.807, 2.05) is 0 Å². The monoisotopic (exact) mass is 157 g/mol. The van der Waals surface area contributed by atoms with Gasteiger partial charge in [-0.25, -0.2) is 0 Å². The van der Waals surface area contributed by atoms with Gasteiger partial charge in [0.15, 0.2) is 0 Å². The fourth-order valence-electron chi connectivity index (χ4n) is 1.42. The first-order valence-electron chi connectivity index (χ1n) is 3.95. The molecule has 1 aromatic carbocycles. The molecule has 2 rings (SSSR count). The number of H-pyrrole nitrogens is 1. The summed E-state index contributed by atoms with van der Waals surface area (Å²) in [5.41, 5.74) is 2.38. The third kappa shape index (κ3) is 0.866. The molecule has 0 aliphatic carbocycles. The molecule has 0 aliphatic heterocycles. The van der Waals surface area contributed by atoms with Gasteiger partial charge in [0.2, 0.25) is 0 Å². The van der Waals surface area contributed by atoms with E-state index in [9.17, 15) is 0 Å². The van der Waals surface area contributed by atoms with Crippen LogP contribution in [0.5, 0.6) is 0 Å². The molecule has 0 fully saturated rings. The summed E-state index contributed by atoms with van der Waals surface area (Å²) in [5.74, 6) is 0. The summed E-state index contributed by atoms with van der Waals surface area (Å²) < 4.78 is 0. The molecule has 0 aliphatic rings. The minimum Gasteiger partial charge on any atom is -0.355 e. The summed E-state index contributed by atoms with van der Waals surface area (Å²) in [5, 5.41) is 3.10. The van der Waals surface area contributed by atoms with Crippen LogP contribution in [0.1, 0.15) is 5.56 Å². The molecule has 0 bridgehead atoms. The van der Waals surface area contributed by atoms with Crippen molar-refractivity contribution in [2.45, 2.75) is 6.92 Å². The number of benzene rings is 1. The zero-order valence-electron chi connectivity index (χ0n) is 7.15. The molecular weight excluding hydrogens is 146 g/mol. The van der Waals surface area contributed by atoms with Crippen molar-refractivity contribution in [3.8, 4) is 0 Å². The third-order valence-corrected chi connectivity index (χ3v) is 2.15. The van der Waals surface area contributed by atoms with Crippen LogP contribution >= 0.6 is 0 Å². The molecule has 0 saturated heterocycles. The normalized spacial score (nSPS) is 10.8. The summed E-state index contributed by atoms with van der Waals surface area (Å²) in [6.45, 7) is 9.90. The van der Waals surface area contributed by atoms with Crippen LogP contribution < -0.4 is 10.6 Å². The van der Waals surface area contributed by atoms with Gasteiger partial charge in [0.25, 0.3) is 0 Å². The Bertz CT molecular complexity index is 520. The van der Waals surface area contributed by atoms with Gasteiger partial charge in [0.1, 0.15) is 0 Å². The SMILES string of the molecule is C=c1[nH]c2ccc(C)cc2c1=C. The lowest BCUT2D eigenvalue weighted by Gasteiger charge is -1.91. The zero-order valence-corrected chi connectivity index (χ0v) is 7.15. The molecule has 1 heterocycles. The molecule has 1 heteroatoms. The Morgan fingerprint density at radius 2 is 2.00 bits per heavy atom. The fraction of sp³-hybridized carbons (Fsp3) is 0.0909. The highest BCUT2D eigenvalue weighted by Crippen LogP contribution is 2.07. The maximum atomic E-state index is 3.96. The molecule has 0 spiro atoms. The van der Waals surface area contributed by atoms with E-state index in [1.54, 1.807) is 0 Å². The highest BCUT2D eigenvalue weighted by Gasteiger charge is 1.96. The Morgan fingerprint density at radius 1 is 1.25 bits per heavy atom. The average Bonchev–Trinajstić information content (AvgIpc) is 2.31. The van der Waals surface area contributed by atoms with Crippen LogP contribution in [0, 0.1) is 6.92 Å². The van der Waals surface area contributed by atoms with Gasteiger partial charge in [0, 0.05) is 16.3 Å². The van der Waals surface area contributed by atoms with Crippen LogP contribution in [-0.4, -0.2) is 4.98 Å². The first-order chi connectivity index (χ1) is 5.68. The molecule has 1 N–H and O–H groups in total. The van der Waals surface area contributed by atoms with E-state index in [-0.39, 0.29) is 0 Å². The number of aromatic nitrogens is 1. The first kappa shape index (κ1) is 7.17. The highest BCUT2D eigenvalue weighted by molar-refractivity contribution is 5.80. The molecule has 12 heavy (non-hydrogen) atoms. The predicted octanol–water partition coefficient (Wildman–Crippen LogP) is 1.30. The van der Waals surface area contributed by atoms with Gasteiger partial charge in [-0.05, 0) is 24.3 Å². The molecule has 0 atom stereocenters. The molecular formula is C11H11N. The second kappa shape index (κ2) is 2.24. The highest BCUT2D eigenvalue weighted by atomic mass is 14.7. The number of nitrogens with one attached hydrogen (secondary N) is 1. The lowest BCUT2D eigenvalue weighted by atomic mass is 10.1. The van der Waals surface area contributed by atoms with Crippen LogP contribution in [0.3, 0.4) is 0 Å². The van der Waals surface area contributed by atoms with Crippen LogP contribution in [0.25, 0.3) is 24.1 Å². The molecule has 60 valence electrons. The van der Waals surface area contributed by atoms with Crippen LogP contribution in [0.15, 0.2) is 18.2 Å². The van der Waals surface area contributed by atoms with Crippen molar-refractivity contribution in [2.24, 2.45) is 0 Å². The van der Waals surface area contributed by atoms with Crippen molar-refractivity contribution < 1.29 is 0 Å². The quantitative estimate of drug-likeness (QED) is 0.593. The van der Waals surface area contributed by atoms with Gasteiger partial charge in [-0.15, -0.1) is 0 Å². The van der Waals surface area contributed by atoms with E-state index in [1.165, 1.54) is 10.9 Å². The Morgan fingerprint density at radius 3 is 2.75 bits per heavy atom. The van der Waals surface area contributed by atoms with E-state index in [0.717, 1.165) is 16.1 Å². The van der Waals surface area contributed by atoms with E-state index >= 15 is 0 Å². The van der Waals surface area contributed by atoms with Crippen molar-refractivity contribution in [1.82, 2.24) is 4.98 Å². The van der Waals surface area contributed by atoms with E-state index in [2.05, 4.69) is 43.3 Å². The minimum absolute atomic E-state index is 0.913. The lowest BCUT2D eigenvalue weighted by molar-refractivity contribution is 1.37. The van der Waals surface area contributed by atoms with Gasteiger partial charge in [-0.1, -0.05) is 24.8 Å². The predicted molar refractivity (Wildman–Crippen MR) is 53.3 cm³/mol. The van der Waals surface area contributed by atoms with Gasteiger partial charge in [0.05, 0.1) is 0 Å². The second-order valence-corrected chi connectivity index (χ2v) is 3.13. The molecule has 0 radical (unpaired) electrons. The largest absolute Gasteiger partial charge is 0.355 e. The van der Waals surface area contributed by atoms with Crippen molar-refractivity contribution in [1.29, 1.82) is 0 Å². The minimum atomic E-state index is 0.913. The summed E-state index contributed by atoms with van der Waals surface area (Å²) >= 11 is 0. The second-order valence-electron chi connectivity index (χ2n) is 3.13. The Kier molecular flexibility index (Phi) is 1.34. The number of aromatic amines is 1. The Labute approximate surface area is 71.0 Å².